The molecule has 46 heavy (non-hydrogen) atoms. The third-order valence-corrected chi connectivity index (χ3v) is 9.45. The van der Waals surface area contributed by atoms with Gasteiger partial charge in [0.1, 0.15) is 0 Å². The second-order valence-corrected chi connectivity index (χ2v) is 12.0. The first-order valence-corrected chi connectivity index (χ1v) is 16.0. The van der Waals surface area contributed by atoms with Crippen molar-refractivity contribution >= 4 is 43.1 Å². The Hall–Kier alpha value is -5.98. The second kappa shape index (κ2) is 10.9. The quantitative estimate of drug-likeness (QED) is 0.181. The molecule has 0 N–H and O–H groups in total. The van der Waals surface area contributed by atoms with E-state index in [1.807, 2.05) is 0 Å². The molecule has 0 heterocycles. The van der Waals surface area contributed by atoms with Crippen molar-refractivity contribution in [1.82, 2.24) is 0 Å². The number of hydrogen-bond acceptors (Lipinski definition) is 0. The Kier molecular flexibility index (Phi) is 6.25. The van der Waals surface area contributed by atoms with E-state index in [2.05, 4.69) is 182 Å². The van der Waals surface area contributed by atoms with Crippen molar-refractivity contribution < 1.29 is 0 Å². The molecule has 214 valence electrons. The molecule has 0 saturated heterocycles. The van der Waals surface area contributed by atoms with Crippen LogP contribution in [0.5, 0.6) is 0 Å². The molecule has 0 fully saturated rings. The number of benzene rings is 9. The maximum Gasteiger partial charge on any atom is -0.00203 e. The van der Waals surface area contributed by atoms with E-state index in [1.54, 1.807) is 0 Å². The van der Waals surface area contributed by atoms with Crippen molar-refractivity contribution in [2.24, 2.45) is 0 Å². The van der Waals surface area contributed by atoms with E-state index in [9.17, 15) is 0 Å². The van der Waals surface area contributed by atoms with Crippen molar-refractivity contribution in [1.29, 1.82) is 0 Å². The van der Waals surface area contributed by atoms with Gasteiger partial charge in [0.2, 0.25) is 0 Å². The summed E-state index contributed by atoms with van der Waals surface area (Å²) in [7, 11) is 0. The van der Waals surface area contributed by atoms with Crippen LogP contribution in [0.15, 0.2) is 182 Å². The normalized spacial score (nSPS) is 11.5. The lowest BCUT2D eigenvalue weighted by Gasteiger charge is -2.20. The molecule has 0 unspecified atom stereocenters. The third-order valence-electron chi connectivity index (χ3n) is 9.45. The van der Waals surface area contributed by atoms with Gasteiger partial charge in [0, 0.05) is 0 Å². The molecule has 0 nitrogen and oxygen atoms in total. The van der Waals surface area contributed by atoms with Gasteiger partial charge in [-0.15, -0.1) is 0 Å². The zero-order valence-corrected chi connectivity index (χ0v) is 25.3. The molecular weight excluding hydrogens is 553 g/mol. The van der Waals surface area contributed by atoms with Gasteiger partial charge in [0.05, 0.1) is 0 Å². The van der Waals surface area contributed by atoms with E-state index in [0.29, 0.717) is 0 Å². The smallest absolute Gasteiger partial charge is 0.00203 e. The van der Waals surface area contributed by atoms with Gasteiger partial charge in [-0.3, -0.25) is 0 Å². The molecule has 0 amide bonds. The van der Waals surface area contributed by atoms with Gasteiger partial charge in [-0.05, 0) is 87.6 Å². The van der Waals surface area contributed by atoms with Crippen LogP contribution in [0.25, 0.3) is 87.6 Å². The molecular formula is C46H30. The monoisotopic (exact) mass is 582 g/mol. The predicted molar refractivity (Wildman–Crippen MR) is 198 cm³/mol. The maximum absolute atomic E-state index is 2.33. The van der Waals surface area contributed by atoms with E-state index < -0.39 is 0 Å². The summed E-state index contributed by atoms with van der Waals surface area (Å²) in [5.74, 6) is 0. The summed E-state index contributed by atoms with van der Waals surface area (Å²) in [5.41, 5.74) is 10.0. The molecule has 9 aromatic carbocycles. The molecule has 0 radical (unpaired) electrons. The zero-order valence-electron chi connectivity index (χ0n) is 25.3. The molecule has 9 rings (SSSR count). The first-order chi connectivity index (χ1) is 22.9. The maximum atomic E-state index is 2.33. The molecule has 0 atom stereocenters. The van der Waals surface area contributed by atoms with Crippen molar-refractivity contribution in [2.45, 2.75) is 0 Å². The summed E-state index contributed by atoms with van der Waals surface area (Å²) < 4.78 is 0. The molecule has 0 aliphatic rings. The summed E-state index contributed by atoms with van der Waals surface area (Å²) in [5, 5.41) is 10.2. The molecule has 0 aliphatic heterocycles. The van der Waals surface area contributed by atoms with Gasteiger partial charge in [-0.25, -0.2) is 0 Å². The van der Waals surface area contributed by atoms with Crippen LogP contribution >= 0.6 is 0 Å². The fourth-order valence-corrected chi connectivity index (χ4v) is 7.50. The van der Waals surface area contributed by atoms with Crippen molar-refractivity contribution in [3.8, 4) is 44.5 Å². The zero-order chi connectivity index (χ0) is 30.5. The lowest BCUT2D eigenvalue weighted by molar-refractivity contribution is 1.61. The van der Waals surface area contributed by atoms with Crippen LogP contribution in [-0.4, -0.2) is 0 Å². The highest BCUT2D eigenvalue weighted by molar-refractivity contribution is 6.23. The van der Waals surface area contributed by atoms with Crippen LogP contribution in [0, 0.1) is 0 Å². The lowest BCUT2D eigenvalue weighted by Crippen LogP contribution is -1.93. The highest BCUT2D eigenvalue weighted by Gasteiger charge is 2.20. The van der Waals surface area contributed by atoms with Crippen LogP contribution in [0.1, 0.15) is 0 Å². The Labute approximate surface area is 268 Å². The summed E-state index contributed by atoms with van der Waals surface area (Å²) in [6, 6.07) is 66.4. The van der Waals surface area contributed by atoms with Crippen LogP contribution in [0.3, 0.4) is 0 Å². The van der Waals surface area contributed by atoms with E-state index >= 15 is 0 Å². The fraction of sp³-hybridized carbons (Fsp3) is 0. The third kappa shape index (κ3) is 4.15. The summed E-state index contributed by atoms with van der Waals surface area (Å²) >= 11 is 0. The van der Waals surface area contributed by atoms with Gasteiger partial charge in [-0.1, -0.05) is 182 Å². The first kappa shape index (κ1) is 26.4. The summed E-state index contributed by atoms with van der Waals surface area (Å²) in [4.78, 5) is 0. The minimum Gasteiger partial charge on any atom is -0.0622 e. The van der Waals surface area contributed by atoms with Gasteiger partial charge in [0.15, 0.2) is 0 Å². The van der Waals surface area contributed by atoms with Crippen molar-refractivity contribution in [3.63, 3.8) is 0 Å². The molecule has 0 aromatic heterocycles. The molecule has 9 aromatic rings. The van der Waals surface area contributed by atoms with Gasteiger partial charge in [-0.2, -0.15) is 0 Å². The average Bonchev–Trinajstić information content (AvgIpc) is 3.14. The van der Waals surface area contributed by atoms with E-state index in [-0.39, 0.29) is 0 Å². The Morgan fingerprint density at radius 2 is 0.348 bits per heavy atom. The Morgan fingerprint density at radius 1 is 0.152 bits per heavy atom. The fourth-order valence-electron chi connectivity index (χ4n) is 7.50. The van der Waals surface area contributed by atoms with Crippen LogP contribution in [-0.2, 0) is 0 Å². The van der Waals surface area contributed by atoms with Gasteiger partial charge < -0.3 is 0 Å². The minimum absolute atomic E-state index is 1.22. The van der Waals surface area contributed by atoms with Crippen molar-refractivity contribution in [3.05, 3.63) is 182 Å². The van der Waals surface area contributed by atoms with Gasteiger partial charge >= 0.3 is 0 Å². The Balaban J connectivity index is 1.34. The average molecular weight is 583 g/mol. The van der Waals surface area contributed by atoms with Gasteiger partial charge in [0.25, 0.3) is 0 Å². The highest BCUT2D eigenvalue weighted by atomic mass is 14.2. The summed E-state index contributed by atoms with van der Waals surface area (Å²) in [6.07, 6.45) is 0. The number of rotatable bonds is 4. The Morgan fingerprint density at radius 3 is 0.609 bits per heavy atom. The minimum atomic E-state index is 1.22. The highest BCUT2D eigenvalue weighted by Crippen LogP contribution is 2.47. The van der Waals surface area contributed by atoms with Crippen LogP contribution in [0.4, 0.5) is 0 Å². The number of hydrogen-bond donors (Lipinski definition) is 0. The largest absolute Gasteiger partial charge is 0.0622 e. The molecule has 0 bridgehead atoms. The van der Waals surface area contributed by atoms with E-state index in [1.165, 1.54) is 87.6 Å². The SMILES string of the molecule is c1ccc(-c2c(-c3ccc(-c4c(-c5ccccc5)c5ccccc5c5ccccc45)cc3)c3ccccc3c3ccccc23)cc1. The first-order valence-electron chi connectivity index (χ1n) is 16.0. The second-order valence-electron chi connectivity index (χ2n) is 12.0. The molecule has 0 heteroatoms. The Bertz CT molecular complexity index is 2360. The van der Waals surface area contributed by atoms with E-state index in [4.69, 9.17) is 0 Å². The topological polar surface area (TPSA) is 0 Å². The molecule has 0 spiro atoms. The standard InChI is InChI=1S/C46H30/c1-3-15-31(16-4-1)43-39-23-11-7-19-35(39)37-21-9-13-25-41(37)45(43)33-27-29-34(30-28-33)46-42-26-14-10-22-38(42)36-20-8-12-24-40(36)44(46)32-17-5-2-6-18-32/h1-30H. The van der Waals surface area contributed by atoms with Crippen molar-refractivity contribution in [2.75, 3.05) is 0 Å². The predicted octanol–water partition coefficient (Wildman–Crippen LogP) is 13.0. The molecule has 0 aliphatic carbocycles. The van der Waals surface area contributed by atoms with Crippen LogP contribution in [0.2, 0.25) is 0 Å². The number of fused-ring (bicyclic) bond motifs is 6. The van der Waals surface area contributed by atoms with Crippen LogP contribution < -0.4 is 0 Å². The van der Waals surface area contributed by atoms with E-state index in [0.717, 1.165) is 0 Å². The summed E-state index contributed by atoms with van der Waals surface area (Å²) in [6.45, 7) is 0. The lowest BCUT2D eigenvalue weighted by atomic mass is 9.83. The molecule has 0 saturated carbocycles.